The van der Waals surface area contributed by atoms with E-state index in [4.69, 9.17) is 11.6 Å². The standard InChI is InChI=1S/C13H20ClN3/c1-3-15-13-8-7-11(14)12(16-13)9-17(4-2)10-5-6-10/h7-8,10H,3-6,9H2,1-2H3,(H,15,16). The summed E-state index contributed by atoms with van der Waals surface area (Å²) in [6.07, 6.45) is 2.64. The van der Waals surface area contributed by atoms with Crippen molar-refractivity contribution in [3.63, 3.8) is 0 Å². The lowest BCUT2D eigenvalue weighted by atomic mass is 10.3. The average molecular weight is 254 g/mol. The van der Waals surface area contributed by atoms with Crippen LogP contribution in [0.15, 0.2) is 12.1 Å². The number of nitrogens with one attached hydrogen (secondary N) is 1. The Morgan fingerprint density at radius 2 is 2.18 bits per heavy atom. The minimum Gasteiger partial charge on any atom is -0.370 e. The second-order valence-corrected chi connectivity index (χ2v) is 4.86. The maximum absolute atomic E-state index is 6.21. The van der Waals surface area contributed by atoms with Crippen LogP contribution in [0.4, 0.5) is 5.82 Å². The highest BCUT2D eigenvalue weighted by Crippen LogP contribution is 2.29. The second kappa shape index (κ2) is 5.69. The number of rotatable bonds is 6. The summed E-state index contributed by atoms with van der Waals surface area (Å²) in [6, 6.07) is 4.62. The molecule has 0 aliphatic heterocycles. The molecule has 4 heteroatoms. The van der Waals surface area contributed by atoms with Crippen LogP contribution in [-0.4, -0.2) is 29.0 Å². The van der Waals surface area contributed by atoms with Crippen LogP contribution in [0.5, 0.6) is 0 Å². The molecule has 0 radical (unpaired) electrons. The van der Waals surface area contributed by atoms with Crippen molar-refractivity contribution in [2.24, 2.45) is 0 Å². The fourth-order valence-corrected chi connectivity index (χ4v) is 2.17. The number of hydrogen-bond donors (Lipinski definition) is 1. The molecule has 3 nitrogen and oxygen atoms in total. The van der Waals surface area contributed by atoms with Gasteiger partial charge in [-0.05, 0) is 38.4 Å². The molecule has 1 N–H and O–H groups in total. The predicted octanol–water partition coefficient (Wildman–Crippen LogP) is 3.15. The molecule has 0 spiro atoms. The van der Waals surface area contributed by atoms with Crippen molar-refractivity contribution in [1.82, 2.24) is 9.88 Å². The van der Waals surface area contributed by atoms with Gasteiger partial charge in [-0.3, -0.25) is 4.90 Å². The predicted molar refractivity (Wildman–Crippen MR) is 72.5 cm³/mol. The van der Waals surface area contributed by atoms with E-state index < -0.39 is 0 Å². The Kier molecular flexibility index (Phi) is 4.24. The van der Waals surface area contributed by atoms with Crippen LogP contribution in [0, 0.1) is 0 Å². The van der Waals surface area contributed by atoms with Gasteiger partial charge in [0.15, 0.2) is 0 Å². The largest absolute Gasteiger partial charge is 0.370 e. The van der Waals surface area contributed by atoms with Crippen molar-refractivity contribution in [1.29, 1.82) is 0 Å². The van der Waals surface area contributed by atoms with Crippen molar-refractivity contribution in [3.05, 3.63) is 22.8 Å². The topological polar surface area (TPSA) is 28.2 Å². The molecular formula is C13H20ClN3. The summed E-state index contributed by atoms with van der Waals surface area (Å²) in [6.45, 7) is 7.07. The molecule has 1 aromatic heterocycles. The smallest absolute Gasteiger partial charge is 0.126 e. The molecule has 0 atom stereocenters. The summed E-state index contributed by atoms with van der Waals surface area (Å²) in [5.41, 5.74) is 0.985. The van der Waals surface area contributed by atoms with Gasteiger partial charge in [-0.25, -0.2) is 4.98 Å². The maximum atomic E-state index is 6.21. The first-order valence-electron chi connectivity index (χ1n) is 6.38. The van der Waals surface area contributed by atoms with Gasteiger partial charge in [0.05, 0.1) is 10.7 Å². The molecular weight excluding hydrogens is 234 g/mol. The summed E-state index contributed by atoms with van der Waals surface area (Å²) < 4.78 is 0. The zero-order valence-corrected chi connectivity index (χ0v) is 11.3. The summed E-state index contributed by atoms with van der Waals surface area (Å²) >= 11 is 6.21. The molecule has 0 amide bonds. The second-order valence-electron chi connectivity index (χ2n) is 4.45. The summed E-state index contributed by atoms with van der Waals surface area (Å²) in [7, 11) is 0. The summed E-state index contributed by atoms with van der Waals surface area (Å²) in [4.78, 5) is 7.02. The van der Waals surface area contributed by atoms with Crippen LogP contribution >= 0.6 is 11.6 Å². The van der Waals surface area contributed by atoms with E-state index in [1.54, 1.807) is 0 Å². The highest BCUT2D eigenvalue weighted by molar-refractivity contribution is 6.31. The normalized spacial score (nSPS) is 15.3. The number of aromatic nitrogens is 1. The van der Waals surface area contributed by atoms with Gasteiger partial charge in [0.1, 0.15) is 5.82 Å². The third kappa shape index (κ3) is 3.33. The SMILES string of the molecule is CCNc1ccc(Cl)c(CN(CC)C2CC2)n1. The first-order valence-corrected chi connectivity index (χ1v) is 6.75. The van der Waals surface area contributed by atoms with Gasteiger partial charge >= 0.3 is 0 Å². The molecule has 1 aromatic rings. The zero-order chi connectivity index (χ0) is 12.3. The van der Waals surface area contributed by atoms with E-state index in [1.807, 2.05) is 12.1 Å². The minimum atomic E-state index is 0.751. The number of hydrogen-bond acceptors (Lipinski definition) is 3. The Balaban J connectivity index is 2.09. The van der Waals surface area contributed by atoms with Crippen molar-refractivity contribution < 1.29 is 0 Å². The van der Waals surface area contributed by atoms with E-state index in [0.717, 1.165) is 42.2 Å². The number of pyridine rings is 1. The molecule has 17 heavy (non-hydrogen) atoms. The summed E-state index contributed by atoms with van der Waals surface area (Å²) in [5, 5.41) is 3.99. The zero-order valence-electron chi connectivity index (χ0n) is 10.5. The van der Waals surface area contributed by atoms with Gasteiger partial charge in [-0.1, -0.05) is 18.5 Å². The number of anilines is 1. The van der Waals surface area contributed by atoms with Crippen molar-refractivity contribution in [3.8, 4) is 0 Å². The van der Waals surface area contributed by atoms with Crippen LogP contribution in [0.25, 0.3) is 0 Å². The van der Waals surface area contributed by atoms with Crippen molar-refractivity contribution >= 4 is 17.4 Å². The van der Waals surface area contributed by atoms with Crippen molar-refractivity contribution in [2.45, 2.75) is 39.3 Å². The van der Waals surface area contributed by atoms with Gasteiger partial charge in [-0.2, -0.15) is 0 Å². The number of nitrogens with zero attached hydrogens (tertiary/aromatic N) is 2. The van der Waals surface area contributed by atoms with E-state index in [0.29, 0.717) is 0 Å². The Morgan fingerprint density at radius 3 is 2.76 bits per heavy atom. The highest BCUT2D eigenvalue weighted by atomic mass is 35.5. The molecule has 1 saturated carbocycles. The van der Waals surface area contributed by atoms with E-state index in [2.05, 4.69) is 29.0 Å². The van der Waals surface area contributed by atoms with Gasteiger partial charge in [-0.15, -0.1) is 0 Å². The Labute approximate surface area is 108 Å². The quantitative estimate of drug-likeness (QED) is 0.844. The summed E-state index contributed by atoms with van der Waals surface area (Å²) in [5.74, 6) is 0.916. The van der Waals surface area contributed by atoms with E-state index in [1.165, 1.54) is 12.8 Å². The van der Waals surface area contributed by atoms with E-state index in [-0.39, 0.29) is 0 Å². The first kappa shape index (κ1) is 12.7. The Bertz CT molecular complexity index is 377. The average Bonchev–Trinajstić information content (AvgIpc) is 3.14. The molecule has 1 aliphatic carbocycles. The lowest BCUT2D eigenvalue weighted by Crippen LogP contribution is -2.25. The molecule has 1 fully saturated rings. The van der Waals surface area contributed by atoms with Crippen LogP contribution in [0.1, 0.15) is 32.4 Å². The van der Waals surface area contributed by atoms with E-state index >= 15 is 0 Å². The highest BCUT2D eigenvalue weighted by Gasteiger charge is 2.28. The Morgan fingerprint density at radius 1 is 1.41 bits per heavy atom. The third-order valence-corrected chi connectivity index (χ3v) is 3.44. The maximum Gasteiger partial charge on any atom is 0.126 e. The molecule has 94 valence electrons. The molecule has 0 saturated heterocycles. The fraction of sp³-hybridized carbons (Fsp3) is 0.615. The van der Waals surface area contributed by atoms with Gasteiger partial charge in [0, 0.05) is 19.1 Å². The lowest BCUT2D eigenvalue weighted by molar-refractivity contribution is 0.266. The first-order chi connectivity index (χ1) is 8.24. The number of halogens is 1. The molecule has 0 bridgehead atoms. The minimum absolute atomic E-state index is 0.751. The van der Waals surface area contributed by atoms with E-state index in [9.17, 15) is 0 Å². The molecule has 2 rings (SSSR count). The van der Waals surface area contributed by atoms with Gasteiger partial charge < -0.3 is 5.32 Å². The molecule has 1 aliphatic rings. The van der Waals surface area contributed by atoms with Crippen molar-refractivity contribution in [2.75, 3.05) is 18.4 Å². The molecule has 0 unspecified atom stereocenters. The van der Waals surface area contributed by atoms with Crippen LogP contribution in [0.3, 0.4) is 0 Å². The fourth-order valence-electron chi connectivity index (χ4n) is 2.01. The monoisotopic (exact) mass is 253 g/mol. The van der Waals surface area contributed by atoms with Crippen LogP contribution < -0.4 is 5.32 Å². The van der Waals surface area contributed by atoms with Gasteiger partial charge in [0.2, 0.25) is 0 Å². The van der Waals surface area contributed by atoms with Crippen LogP contribution in [-0.2, 0) is 6.54 Å². The Hall–Kier alpha value is -0.800. The van der Waals surface area contributed by atoms with Gasteiger partial charge in [0.25, 0.3) is 0 Å². The van der Waals surface area contributed by atoms with Crippen LogP contribution in [0.2, 0.25) is 5.02 Å². The third-order valence-electron chi connectivity index (χ3n) is 3.10. The molecule has 1 heterocycles. The lowest BCUT2D eigenvalue weighted by Gasteiger charge is -2.20. The molecule has 0 aromatic carbocycles.